The van der Waals surface area contributed by atoms with E-state index in [1.54, 1.807) is 12.1 Å². The molecule has 122 valence electrons. The lowest BCUT2D eigenvalue weighted by Crippen LogP contribution is -2.33. The van der Waals surface area contributed by atoms with Gasteiger partial charge in [-0.1, -0.05) is 37.6 Å². The van der Waals surface area contributed by atoms with E-state index in [1.807, 2.05) is 43.5 Å². The van der Waals surface area contributed by atoms with E-state index in [0.717, 1.165) is 5.56 Å². The third-order valence-electron chi connectivity index (χ3n) is 3.61. The molecule has 6 heteroatoms. The van der Waals surface area contributed by atoms with Crippen LogP contribution in [0.1, 0.15) is 41.6 Å². The van der Waals surface area contributed by atoms with E-state index >= 15 is 0 Å². The second-order valence-corrected chi connectivity index (χ2v) is 6.24. The van der Waals surface area contributed by atoms with E-state index in [2.05, 4.69) is 22.1 Å². The van der Waals surface area contributed by atoms with Crippen molar-refractivity contribution in [2.45, 2.75) is 33.4 Å². The largest absolute Gasteiger partial charge is 0.342 e. The molecule has 2 rings (SSSR count). The quantitative estimate of drug-likeness (QED) is 0.629. The summed E-state index contributed by atoms with van der Waals surface area (Å²) in [5, 5.41) is 10.2. The summed E-state index contributed by atoms with van der Waals surface area (Å²) in [6, 6.07) is 7.28. The number of rotatable bonds is 6. The second-order valence-electron chi connectivity index (χ2n) is 5.85. The predicted octanol–water partition coefficient (Wildman–Crippen LogP) is 3.56. The van der Waals surface area contributed by atoms with Gasteiger partial charge in [0, 0.05) is 12.1 Å². The molecule has 1 aromatic heterocycles. The van der Waals surface area contributed by atoms with Crippen molar-refractivity contribution in [2.75, 3.05) is 0 Å². The summed E-state index contributed by atoms with van der Waals surface area (Å²) < 4.78 is 2.37. The molecule has 1 heterocycles. The van der Waals surface area contributed by atoms with Gasteiger partial charge in [0.25, 0.3) is 5.91 Å². The lowest BCUT2D eigenvalue weighted by molar-refractivity contribution is 0.0922. The van der Waals surface area contributed by atoms with Gasteiger partial charge in [0.05, 0.1) is 6.04 Å². The van der Waals surface area contributed by atoms with Gasteiger partial charge in [-0.25, -0.2) is 0 Å². The molecule has 1 amide bonds. The second kappa shape index (κ2) is 7.37. The third-order valence-corrected chi connectivity index (χ3v) is 3.92. The molecule has 1 unspecified atom stereocenters. The smallest absolute Gasteiger partial charge is 0.251 e. The van der Waals surface area contributed by atoms with Crippen molar-refractivity contribution in [1.29, 1.82) is 0 Å². The summed E-state index contributed by atoms with van der Waals surface area (Å²) in [6.45, 7) is 10.3. The SMILES string of the molecule is C=CCn1c(C(NC(=O)c2cccc(C)c2)C(C)C)n[nH]c1=S. The van der Waals surface area contributed by atoms with Crippen molar-refractivity contribution in [3.63, 3.8) is 0 Å². The average Bonchev–Trinajstić information content (AvgIpc) is 2.86. The van der Waals surface area contributed by atoms with Gasteiger partial charge in [-0.15, -0.1) is 6.58 Å². The molecule has 0 aliphatic heterocycles. The van der Waals surface area contributed by atoms with E-state index in [-0.39, 0.29) is 17.9 Å². The van der Waals surface area contributed by atoms with Crippen LogP contribution in [0.15, 0.2) is 36.9 Å². The Morgan fingerprint density at radius 2 is 2.26 bits per heavy atom. The van der Waals surface area contributed by atoms with Gasteiger partial charge in [-0.2, -0.15) is 5.10 Å². The van der Waals surface area contributed by atoms with Crippen molar-refractivity contribution in [2.24, 2.45) is 5.92 Å². The van der Waals surface area contributed by atoms with Crippen LogP contribution in [-0.2, 0) is 6.54 Å². The highest BCUT2D eigenvalue weighted by Gasteiger charge is 2.24. The van der Waals surface area contributed by atoms with Crippen LogP contribution < -0.4 is 5.32 Å². The molecule has 0 radical (unpaired) electrons. The zero-order valence-electron chi connectivity index (χ0n) is 13.7. The van der Waals surface area contributed by atoms with Gasteiger partial charge in [0.2, 0.25) is 0 Å². The fourth-order valence-electron chi connectivity index (χ4n) is 2.41. The minimum Gasteiger partial charge on any atom is -0.342 e. The Balaban J connectivity index is 2.31. The van der Waals surface area contributed by atoms with Crippen LogP contribution in [0.3, 0.4) is 0 Å². The highest BCUT2D eigenvalue weighted by Crippen LogP contribution is 2.21. The predicted molar refractivity (Wildman–Crippen MR) is 93.8 cm³/mol. The molecule has 5 nitrogen and oxygen atoms in total. The Bertz CT molecular complexity index is 760. The summed E-state index contributed by atoms with van der Waals surface area (Å²) in [5.41, 5.74) is 1.69. The minimum atomic E-state index is -0.240. The van der Waals surface area contributed by atoms with Gasteiger partial charge in [0.15, 0.2) is 10.6 Å². The number of aromatic amines is 1. The molecule has 0 bridgehead atoms. The number of nitrogens with one attached hydrogen (secondary N) is 2. The Morgan fingerprint density at radius 1 is 1.52 bits per heavy atom. The van der Waals surface area contributed by atoms with Crippen LogP contribution in [0, 0.1) is 17.6 Å². The molecule has 0 fully saturated rings. The van der Waals surface area contributed by atoms with E-state index in [1.165, 1.54) is 0 Å². The summed E-state index contributed by atoms with van der Waals surface area (Å²) in [6.07, 6.45) is 1.76. The maximum atomic E-state index is 12.6. The maximum absolute atomic E-state index is 12.6. The van der Waals surface area contributed by atoms with Gasteiger partial charge in [-0.3, -0.25) is 14.5 Å². The van der Waals surface area contributed by atoms with Crippen LogP contribution in [0.2, 0.25) is 0 Å². The highest BCUT2D eigenvalue weighted by atomic mass is 32.1. The topological polar surface area (TPSA) is 62.7 Å². The lowest BCUT2D eigenvalue weighted by atomic mass is 10.0. The number of hydrogen-bond acceptors (Lipinski definition) is 3. The summed E-state index contributed by atoms with van der Waals surface area (Å²) >= 11 is 5.25. The Kier molecular flexibility index (Phi) is 5.50. The lowest BCUT2D eigenvalue weighted by Gasteiger charge is -2.22. The Hall–Kier alpha value is -2.21. The Morgan fingerprint density at radius 3 is 2.87 bits per heavy atom. The molecule has 0 aliphatic carbocycles. The number of benzene rings is 1. The molecule has 0 saturated carbocycles. The van der Waals surface area contributed by atoms with Crippen LogP contribution >= 0.6 is 12.2 Å². The van der Waals surface area contributed by atoms with Crippen molar-refractivity contribution < 1.29 is 4.79 Å². The molecule has 2 aromatic rings. The molecule has 23 heavy (non-hydrogen) atoms. The number of amides is 1. The van der Waals surface area contributed by atoms with Crippen molar-refractivity contribution in [1.82, 2.24) is 20.1 Å². The number of hydrogen-bond donors (Lipinski definition) is 2. The van der Waals surface area contributed by atoms with E-state index in [4.69, 9.17) is 12.2 Å². The van der Waals surface area contributed by atoms with Gasteiger partial charge in [0.1, 0.15) is 0 Å². The van der Waals surface area contributed by atoms with Gasteiger partial charge >= 0.3 is 0 Å². The normalized spacial score (nSPS) is 12.2. The fourth-order valence-corrected chi connectivity index (χ4v) is 2.63. The van der Waals surface area contributed by atoms with Crippen LogP contribution in [-0.4, -0.2) is 20.7 Å². The van der Waals surface area contributed by atoms with Crippen molar-refractivity contribution in [3.8, 4) is 0 Å². The molecule has 1 atom stereocenters. The molecule has 1 aromatic carbocycles. The minimum absolute atomic E-state index is 0.119. The number of carbonyl (C=O) groups excluding carboxylic acids is 1. The van der Waals surface area contributed by atoms with Crippen LogP contribution in [0.5, 0.6) is 0 Å². The Labute approximate surface area is 141 Å². The molecule has 0 saturated heterocycles. The highest BCUT2D eigenvalue weighted by molar-refractivity contribution is 7.71. The van der Waals surface area contributed by atoms with Crippen LogP contribution in [0.4, 0.5) is 0 Å². The average molecular weight is 330 g/mol. The fraction of sp³-hybridized carbons (Fsp3) is 0.353. The van der Waals surface area contributed by atoms with Gasteiger partial charge in [-0.05, 0) is 37.2 Å². The summed E-state index contributed by atoms with van der Waals surface area (Å²) in [7, 11) is 0. The first-order valence-corrected chi connectivity index (χ1v) is 7.98. The standard InChI is InChI=1S/C17H22N4OS/c1-5-9-21-15(19-20-17(21)23)14(11(2)3)18-16(22)13-8-6-7-12(4)10-13/h5-8,10-11,14H,1,9H2,2-4H3,(H,18,22)(H,20,23). The monoisotopic (exact) mass is 330 g/mol. The van der Waals surface area contributed by atoms with E-state index in [9.17, 15) is 4.79 Å². The van der Waals surface area contributed by atoms with Crippen molar-refractivity contribution in [3.05, 3.63) is 58.6 Å². The molecular formula is C17H22N4OS. The molecule has 0 spiro atoms. The molecule has 2 N–H and O–H groups in total. The first-order chi connectivity index (χ1) is 10.9. The number of nitrogens with zero attached hydrogens (tertiary/aromatic N) is 2. The van der Waals surface area contributed by atoms with Gasteiger partial charge < -0.3 is 5.32 Å². The number of aromatic nitrogens is 3. The molecular weight excluding hydrogens is 308 g/mol. The summed E-state index contributed by atoms with van der Waals surface area (Å²) in [5.74, 6) is 0.759. The maximum Gasteiger partial charge on any atom is 0.251 e. The van der Waals surface area contributed by atoms with E-state index < -0.39 is 0 Å². The van der Waals surface area contributed by atoms with E-state index in [0.29, 0.717) is 22.7 Å². The van der Waals surface area contributed by atoms with Crippen LogP contribution in [0.25, 0.3) is 0 Å². The first-order valence-electron chi connectivity index (χ1n) is 7.57. The third kappa shape index (κ3) is 3.96. The van der Waals surface area contributed by atoms with Crippen molar-refractivity contribution >= 4 is 18.1 Å². The number of H-pyrrole nitrogens is 1. The molecule has 0 aliphatic rings. The zero-order chi connectivity index (χ0) is 17.0. The number of carbonyl (C=O) groups is 1. The number of allylic oxidation sites excluding steroid dienone is 1. The zero-order valence-corrected chi connectivity index (χ0v) is 14.5. The number of aryl methyl sites for hydroxylation is 1. The summed E-state index contributed by atoms with van der Waals surface area (Å²) in [4.78, 5) is 12.6. The first kappa shape index (κ1) is 17.1.